The zero-order valence-electron chi connectivity index (χ0n) is 7.49. The van der Waals surface area contributed by atoms with Gasteiger partial charge in [0.25, 0.3) is 0 Å². The maximum Gasteiger partial charge on any atom is 0.0955 e. The number of rotatable bonds is 1. The third kappa shape index (κ3) is 1.29. The molecule has 0 atom stereocenters. The fourth-order valence-electron chi connectivity index (χ4n) is 1.41. The number of fused-ring (bicyclic) bond motifs is 1. The number of aryl methyl sites for hydroxylation is 1. The van der Waals surface area contributed by atoms with Crippen LogP contribution in [-0.4, -0.2) is 9.55 Å². The van der Waals surface area contributed by atoms with Gasteiger partial charge in [0, 0.05) is 13.5 Å². The zero-order valence-corrected chi connectivity index (χ0v) is 7.49. The summed E-state index contributed by atoms with van der Waals surface area (Å²) in [6, 6.07) is 6.13. The standard InChI is InChI=1S/C11H10N2/c1-3-4-9-5-6-11-10(7-9)12-8-13(11)2/h1,5-8H,4H2,2H3. The van der Waals surface area contributed by atoms with Crippen LogP contribution >= 0.6 is 0 Å². The molecule has 0 saturated heterocycles. The Morgan fingerprint density at radius 3 is 3.15 bits per heavy atom. The van der Waals surface area contributed by atoms with E-state index in [1.54, 1.807) is 0 Å². The third-order valence-corrected chi connectivity index (χ3v) is 2.10. The van der Waals surface area contributed by atoms with Crippen molar-refractivity contribution in [1.29, 1.82) is 0 Å². The second kappa shape index (κ2) is 2.95. The Kier molecular flexibility index (Phi) is 1.79. The van der Waals surface area contributed by atoms with Gasteiger partial charge in [-0.3, -0.25) is 0 Å². The molecule has 1 aromatic heterocycles. The summed E-state index contributed by atoms with van der Waals surface area (Å²) in [4.78, 5) is 4.26. The van der Waals surface area contributed by atoms with Crippen LogP contribution in [0.15, 0.2) is 24.5 Å². The Morgan fingerprint density at radius 2 is 2.38 bits per heavy atom. The molecule has 13 heavy (non-hydrogen) atoms. The molecule has 0 aliphatic carbocycles. The molecule has 2 heteroatoms. The minimum Gasteiger partial charge on any atom is -0.334 e. The summed E-state index contributed by atoms with van der Waals surface area (Å²) in [6.45, 7) is 0. The van der Waals surface area contributed by atoms with Crippen molar-refractivity contribution in [2.24, 2.45) is 7.05 Å². The lowest BCUT2D eigenvalue weighted by atomic mass is 10.1. The van der Waals surface area contributed by atoms with E-state index >= 15 is 0 Å². The molecular weight excluding hydrogens is 160 g/mol. The number of hydrogen-bond donors (Lipinski definition) is 0. The molecule has 1 aromatic carbocycles. The highest BCUT2D eigenvalue weighted by atomic mass is 15.0. The second-order valence-corrected chi connectivity index (χ2v) is 3.06. The molecule has 0 bridgehead atoms. The number of terminal acetylenes is 1. The highest BCUT2D eigenvalue weighted by Crippen LogP contribution is 2.13. The van der Waals surface area contributed by atoms with Crippen molar-refractivity contribution in [3.8, 4) is 12.3 Å². The maximum absolute atomic E-state index is 5.23. The lowest BCUT2D eigenvalue weighted by molar-refractivity contribution is 0.947. The van der Waals surface area contributed by atoms with E-state index in [2.05, 4.69) is 17.0 Å². The van der Waals surface area contributed by atoms with Gasteiger partial charge >= 0.3 is 0 Å². The first-order valence-electron chi connectivity index (χ1n) is 4.14. The number of imidazole rings is 1. The number of aromatic nitrogens is 2. The van der Waals surface area contributed by atoms with Gasteiger partial charge < -0.3 is 4.57 Å². The summed E-state index contributed by atoms with van der Waals surface area (Å²) in [5.74, 6) is 2.62. The van der Waals surface area contributed by atoms with Gasteiger partial charge in [0.1, 0.15) is 0 Å². The van der Waals surface area contributed by atoms with Crippen LogP contribution < -0.4 is 0 Å². The minimum absolute atomic E-state index is 0.673. The Bertz CT molecular complexity index is 474. The Labute approximate surface area is 77.2 Å². The summed E-state index contributed by atoms with van der Waals surface area (Å²) in [7, 11) is 1.98. The average molecular weight is 170 g/mol. The quantitative estimate of drug-likeness (QED) is 0.596. The summed E-state index contributed by atoms with van der Waals surface area (Å²) in [6.07, 6.45) is 7.72. The Hall–Kier alpha value is -1.75. The zero-order chi connectivity index (χ0) is 9.26. The van der Waals surface area contributed by atoms with Gasteiger partial charge in [-0.2, -0.15) is 0 Å². The average Bonchev–Trinajstić information content (AvgIpc) is 2.48. The van der Waals surface area contributed by atoms with E-state index in [4.69, 9.17) is 6.42 Å². The van der Waals surface area contributed by atoms with Crippen molar-refractivity contribution in [2.45, 2.75) is 6.42 Å². The normalized spacial score (nSPS) is 10.2. The summed E-state index contributed by atoms with van der Waals surface area (Å²) < 4.78 is 2.00. The van der Waals surface area contributed by atoms with Crippen LogP contribution in [0.4, 0.5) is 0 Å². The first-order chi connectivity index (χ1) is 6.31. The van der Waals surface area contributed by atoms with E-state index in [1.165, 1.54) is 0 Å². The van der Waals surface area contributed by atoms with Gasteiger partial charge in [-0.05, 0) is 17.7 Å². The van der Waals surface area contributed by atoms with Crippen LogP contribution in [-0.2, 0) is 13.5 Å². The topological polar surface area (TPSA) is 17.8 Å². The van der Waals surface area contributed by atoms with Crippen molar-refractivity contribution in [1.82, 2.24) is 9.55 Å². The molecule has 64 valence electrons. The summed E-state index contributed by atoms with van der Waals surface area (Å²) in [5, 5.41) is 0. The Morgan fingerprint density at radius 1 is 1.54 bits per heavy atom. The van der Waals surface area contributed by atoms with Crippen LogP contribution in [0.1, 0.15) is 5.56 Å². The monoisotopic (exact) mass is 170 g/mol. The molecule has 0 radical (unpaired) electrons. The molecule has 2 aromatic rings. The van der Waals surface area contributed by atoms with Crippen LogP contribution in [0.2, 0.25) is 0 Å². The smallest absolute Gasteiger partial charge is 0.0955 e. The third-order valence-electron chi connectivity index (χ3n) is 2.10. The van der Waals surface area contributed by atoms with Crippen molar-refractivity contribution in [2.75, 3.05) is 0 Å². The maximum atomic E-state index is 5.23. The van der Waals surface area contributed by atoms with Crippen molar-refractivity contribution >= 4 is 11.0 Å². The molecule has 0 saturated carbocycles. The molecule has 2 nitrogen and oxygen atoms in total. The number of hydrogen-bond acceptors (Lipinski definition) is 1. The van der Waals surface area contributed by atoms with Gasteiger partial charge in [-0.25, -0.2) is 4.98 Å². The van der Waals surface area contributed by atoms with Crippen molar-refractivity contribution < 1.29 is 0 Å². The lowest BCUT2D eigenvalue weighted by Gasteiger charge is -1.96. The summed E-state index contributed by atoms with van der Waals surface area (Å²) in [5.41, 5.74) is 3.30. The molecule has 0 fully saturated rings. The fourth-order valence-corrected chi connectivity index (χ4v) is 1.41. The van der Waals surface area contributed by atoms with Gasteiger partial charge in [0.05, 0.1) is 17.4 Å². The summed E-state index contributed by atoms with van der Waals surface area (Å²) >= 11 is 0. The highest BCUT2D eigenvalue weighted by Gasteiger charge is 1.99. The van der Waals surface area contributed by atoms with Crippen LogP contribution in [0.5, 0.6) is 0 Å². The SMILES string of the molecule is C#CCc1ccc2c(c1)ncn2C. The van der Waals surface area contributed by atoms with Crippen molar-refractivity contribution in [3.63, 3.8) is 0 Å². The molecule has 0 spiro atoms. The van der Waals surface area contributed by atoms with E-state index < -0.39 is 0 Å². The second-order valence-electron chi connectivity index (χ2n) is 3.06. The van der Waals surface area contributed by atoms with Gasteiger partial charge in [-0.15, -0.1) is 12.3 Å². The molecule has 2 rings (SSSR count). The molecule has 0 aliphatic rings. The van der Waals surface area contributed by atoms with E-state index in [1.807, 2.05) is 30.1 Å². The van der Waals surface area contributed by atoms with Gasteiger partial charge in [0.15, 0.2) is 0 Å². The van der Waals surface area contributed by atoms with E-state index in [9.17, 15) is 0 Å². The number of nitrogens with zero attached hydrogens (tertiary/aromatic N) is 2. The molecule has 0 unspecified atom stereocenters. The molecule has 1 heterocycles. The van der Waals surface area contributed by atoms with E-state index in [-0.39, 0.29) is 0 Å². The highest BCUT2D eigenvalue weighted by molar-refractivity contribution is 5.76. The largest absolute Gasteiger partial charge is 0.334 e. The molecule has 0 amide bonds. The van der Waals surface area contributed by atoms with E-state index in [0.717, 1.165) is 16.6 Å². The van der Waals surface area contributed by atoms with Gasteiger partial charge in [-0.1, -0.05) is 6.07 Å². The van der Waals surface area contributed by atoms with Crippen LogP contribution in [0.25, 0.3) is 11.0 Å². The minimum atomic E-state index is 0.673. The van der Waals surface area contributed by atoms with Crippen LogP contribution in [0.3, 0.4) is 0 Å². The lowest BCUT2D eigenvalue weighted by Crippen LogP contribution is -1.85. The molecular formula is C11H10N2. The van der Waals surface area contributed by atoms with Crippen LogP contribution in [0, 0.1) is 12.3 Å². The Balaban J connectivity index is 2.58. The first kappa shape index (κ1) is 7.88. The van der Waals surface area contributed by atoms with Crippen molar-refractivity contribution in [3.05, 3.63) is 30.1 Å². The fraction of sp³-hybridized carbons (Fsp3) is 0.182. The predicted octanol–water partition coefficient (Wildman–Crippen LogP) is 1.75. The number of benzene rings is 1. The van der Waals surface area contributed by atoms with Gasteiger partial charge in [0.2, 0.25) is 0 Å². The predicted molar refractivity (Wildman–Crippen MR) is 53.3 cm³/mol. The molecule has 0 N–H and O–H groups in total. The first-order valence-corrected chi connectivity index (χ1v) is 4.14. The molecule has 0 aliphatic heterocycles. The van der Waals surface area contributed by atoms with E-state index in [0.29, 0.717) is 6.42 Å².